The highest BCUT2D eigenvalue weighted by atomic mass is 35.5. The number of sulfonamides is 1. The lowest BCUT2D eigenvalue weighted by molar-refractivity contribution is 0.162. The smallest absolute Gasteiger partial charge is 0.243 e. The molecular weight excluding hydrogens is 334 g/mol. The van der Waals surface area contributed by atoms with Gasteiger partial charge in [0.05, 0.1) is 4.90 Å². The summed E-state index contributed by atoms with van der Waals surface area (Å²) in [5.74, 6) is 0. The van der Waals surface area contributed by atoms with Crippen LogP contribution < -0.4 is 5.73 Å². The normalized spacial score (nSPS) is 17.8. The fourth-order valence-corrected chi connectivity index (χ4v) is 4.56. The first-order valence-electron chi connectivity index (χ1n) is 7.68. The van der Waals surface area contributed by atoms with E-state index in [0.717, 1.165) is 30.8 Å². The third-order valence-corrected chi connectivity index (χ3v) is 5.96. The van der Waals surface area contributed by atoms with Gasteiger partial charge < -0.3 is 5.73 Å². The van der Waals surface area contributed by atoms with E-state index in [1.165, 1.54) is 0 Å². The van der Waals surface area contributed by atoms with Crippen LogP contribution in [0.25, 0.3) is 0 Å². The molecule has 1 saturated heterocycles. The monoisotopic (exact) mass is 361 g/mol. The lowest BCUT2D eigenvalue weighted by Crippen LogP contribution is -2.54. The van der Waals surface area contributed by atoms with E-state index in [2.05, 4.69) is 4.90 Å². The highest BCUT2D eigenvalue weighted by Gasteiger charge is 2.30. The lowest BCUT2D eigenvalue weighted by Gasteiger charge is -2.37. The van der Waals surface area contributed by atoms with Crippen molar-refractivity contribution in [2.45, 2.75) is 38.1 Å². The maximum Gasteiger partial charge on any atom is 0.243 e. The summed E-state index contributed by atoms with van der Waals surface area (Å²) >= 11 is 0. The van der Waals surface area contributed by atoms with Crippen LogP contribution >= 0.6 is 12.4 Å². The van der Waals surface area contributed by atoms with Gasteiger partial charge >= 0.3 is 0 Å². The first-order valence-corrected chi connectivity index (χ1v) is 9.12. The van der Waals surface area contributed by atoms with Crippen molar-refractivity contribution in [2.75, 3.05) is 32.7 Å². The highest BCUT2D eigenvalue weighted by Crippen LogP contribution is 2.22. The minimum atomic E-state index is -3.41. The summed E-state index contributed by atoms with van der Waals surface area (Å²) < 4.78 is 27.3. The van der Waals surface area contributed by atoms with E-state index in [1.807, 2.05) is 39.8 Å². The minimum Gasteiger partial charge on any atom is -0.324 e. The predicted molar refractivity (Wildman–Crippen MR) is 96.6 cm³/mol. The SMILES string of the molecule is Cc1ccc(C)c(S(=O)(=O)N2CCN(CC(C)(C)N)CC2)c1.Cl. The Bertz CT molecular complexity index is 633. The Labute approximate surface area is 146 Å². The van der Waals surface area contributed by atoms with Gasteiger partial charge in [-0.05, 0) is 44.9 Å². The largest absolute Gasteiger partial charge is 0.324 e. The van der Waals surface area contributed by atoms with Crippen LogP contribution in [0.5, 0.6) is 0 Å². The van der Waals surface area contributed by atoms with E-state index >= 15 is 0 Å². The Morgan fingerprint density at radius 1 is 1.13 bits per heavy atom. The van der Waals surface area contributed by atoms with Crippen molar-refractivity contribution < 1.29 is 8.42 Å². The third kappa shape index (κ3) is 5.16. The molecule has 0 aromatic heterocycles. The molecule has 0 amide bonds. The van der Waals surface area contributed by atoms with Gasteiger partial charge in [0.15, 0.2) is 0 Å². The number of nitrogens with two attached hydrogens (primary N) is 1. The number of aryl methyl sites for hydroxylation is 2. The number of nitrogens with zero attached hydrogens (tertiary/aromatic N) is 2. The third-order valence-electron chi connectivity index (χ3n) is 3.92. The first kappa shape index (κ1) is 20.4. The Morgan fingerprint density at radius 2 is 1.70 bits per heavy atom. The quantitative estimate of drug-likeness (QED) is 0.887. The summed E-state index contributed by atoms with van der Waals surface area (Å²) in [5.41, 5.74) is 7.55. The van der Waals surface area contributed by atoms with Crippen LogP contribution in [0.3, 0.4) is 0 Å². The van der Waals surface area contributed by atoms with Gasteiger partial charge in [-0.3, -0.25) is 4.90 Å². The molecule has 0 radical (unpaired) electrons. The van der Waals surface area contributed by atoms with Crippen LogP contribution in [0, 0.1) is 13.8 Å². The molecule has 1 heterocycles. The van der Waals surface area contributed by atoms with Crippen LogP contribution in [-0.2, 0) is 10.0 Å². The number of hydrogen-bond donors (Lipinski definition) is 1. The van der Waals surface area contributed by atoms with E-state index < -0.39 is 10.0 Å². The molecular formula is C16H28ClN3O2S. The average Bonchev–Trinajstić information content (AvgIpc) is 2.40. The van der Waals surface area contributed by atoms with Crippen LogP contribution in [0.2, 0.25) is 0 Å². The second kappa shape index (κ2) is 7.49. The van der Waals surface area contributed by atoms with Crippen LogP contribution in [0.15, 0.2) is 23.1 Å². The molecule has 0 saturated carbocycles. The molecule has 1 aromatic rings. The zero-order chi connectivity index (χ0) is 16.5. The van der Waals surface area contributed by atoms with E-state index in [9.17, 15) is 8.42 Å². The second-order valence-corrected chi connectivity index (χ2v) is 8.84. The highest BCUT2D eigenvalue weighted by molar-refractivity contribution is 7.89. The molecule has 23 heavy (non-hydrogen) atoms. The minimum absolute atomic E-state index is 0. The number of piperazine rings is 1. The molecule has 0 aliphatic carbocycles. The van der Waals surface area contributed by atoms with E-state index in [-0.39, 0.29) is 17.9 Å². The van der Waals surface area contributed by atoms with Gasteiger partial charge in [-0.15, -0.1) is 12.4 Å². The summed E-state index contributed by atoms with van der Waals surface area (Å²) in [6, 6.07) is 5.57. The zero-order valence-corrected chi connectivity index (χ0v) is 16.0. The molecule has 0 bridgehead atoms. The molecule has 5 nitrogen and oxygen atoms in total. The van der Waals surface area contributed by atoms with Gasteiger partial charge in [0.25, 0.3) is 0 Å². The standard InChI is InChI=1S/C16H27N3O2S.ClH/c1-13-5-6-14(2)15(11-13)22(20,21)19-9-7-18(8-10-19)12-16(3,4)17;/h5-6,11H,7-10,12,17H2,1-4H3;1H. The summed E-state index contributed by atoms with van der Waals surface area (Å²) in [6.07, 6.45) is 0. The van der Waals surface area contributed by atoms with Crippen molar-refractivity contribution in [1.82, 2.24) is 9.21 Å². The Hall–Kier alpha value is -0.660. The molecule has 1 aromatic carbocycles. The Kier molecular flexibility index (Phi) is 6.64. The van der Waals surface area contributed by atoms with E-state index in [0.29, 0.717) is 18.0 Å². The first-order chi connectivity index (χ1) is 10.1. The molecule has 0 atom stereocenters. The van der Waals surface area contributed by atoms with Crippen molar-refractivity contribution in [2.24, 2.45) is 5.73 Å². The summed E-state index contributed by atoms with van der Waals surface area (Å²) in [6.45, 7) is 11.0. The van der Waals surface area contributed by atoms with Gasteiger partial charge in [0, 0.05) is 38.3 Å². The van der Waals surface area contributed by atoms with Gasteiger partial charge in [-0.1, -0.05) is 12.1 Å². The second-order valence-electron chi connectivity index (χ2n) is 6.94. The number of benzene rings is 1. The number of hydrogen-bond acceptors (Lipinski definition) is 4. The molecule has 0 unspecified atom stereocenters. The molecule has 7 heteroatoms. The topological polar surface area (TPSA) is 66.6 Å². The molecule has 132 valence electrons. The average molecular weight is 362 g/mol. The van der Waals surface area contributed by atoms with Crippen molar-refractivity contribution in [3.8, 4) is 0 Å². The number of rotatable bonds is 4. The molecule has 2 rings (SSSR count). The van der Waals surface area contributed by atoms with Crippen LogP contribution in [-0.4, -0.2) is 55.9 Å². The summed E-state index contributed by atoms with van der Waals surface area (Å²) in [4.78, 5) is 2.66. The molecule has 1 aliphatic heterocycles. The molecule has 1 aliphatic rings. The van der Waals surface area contributed by atoms with Gasteiger partial charge in [0.1, 0.15) is 0 Å². The Morgan fingerprint density at radius 3 is 2.22 bits per heavy atom. The summed E-state index contributed by atoms with van der Waals surface area (Å²) in [7, 11) is -3.41. The van der Waals surface area contributed by atoms with Gasteiger partial charge in [0.2, 0.25) is 10.0 Å². The van der Waals surface area contributed by atoms with E-state index in [4.69, 9.17) is 5.73 Å². The number of halogens is 1. The van der Waals surface area contributed by atoms with Gasteiger partial charge in [-0.2, -0.15) is 4.31 Å². The van der Waals surface area contributed by atoms with Crippen molar-refractivity contribution in [1.29, 1.82) is 0 Å². The van der Waals surface area contributed by atoms with Crippen molar-refractivity contribution in [3.63, 3.8) is 0 Å². The maximum absolute atomic E-state index is 12.8. The molecule has 2 N–H and O–H groups in total. The van der Waals surface area contributed by atoms with Crippen molar-refractivity contribution >= 4 is 22.4 Å². The summed E-state index contributed by atoms with van der Waals surface area (Å²) in [5, 5.41) is 0. The Balaban J connectivity index is 0.00000264. The van der Waals surface area contributed by atoms with E-state index in [1.54, 1.807) is 10.4 Å². The fraction of sp³-hybridized carbons (Fsp3) is 0.625. The predicted octanol–water partition coefficient (Wildman–Crippen LogP) is 1.77. The fourth-order valence-electron chi connectivity index (χ4n) is 2.83. The van der Waals surface area contributed by atoms with Crippen molar-refractivity contribution in [3.05, 3.63) is 29.3 Å². The molecule has 1 fully saturated rings. The lowest BCUT2D eigenvalue weighted by atomic mass is 10.1. The zero-order valence-electron chi connectivity index (χ0n) is 14.4. The molecule has 0 spiro atoms. The van der Waals surface area contributed by atoms with Crippen LogP contribution in [0.4, 0.5) is 0 Å². The van der Waals surface area contributed by atoms with Crippen LogP contribution in [0.1, 0.15) is 25.0 Å². The van der Waals surface area contributed by atoms with Gasteiger partial charge in [-0.25, -0.2) is 8.42 Å². The maximum atomic E-state index is 12.8.